The van der Waals surface area contributed by atoms with E-state index < -0.39 is 16.1 Å². The molecule has 2 rings (SSSR count). The maximum Gasteiger partial charge on any atom is 0.260 e. The van der Waals surface area contributed by atoms with Crippen molar-refractivity contribution < 1.29 is 13.2 Å². The van der Waals surface area contributed by atoms with Crippen LogP contribution < -0.4 is 15.2 Å². The second kappa shape index (κ2) is 6.11. The normalized spacial score (nSPS) is 12.9. The first-order valence-corrected chi connectivity index (χ1v) is 7.79. The highest BCUT2D eigenvalue weighted by molar-refractivity contribution is 7.89. The van der Waals surface area contributed by atoms with Crippen LogP contribution in [-0.4, -0.2) is 20.5 Å². The third kappa shape index (κ3) is 3.50. The molecule has 0 saturated carbocycles. The number of nitrogens with one attached hydrogen (secondary N) is 1. The lowest BCUT2D eigenvalue weighted by molar-refractivity contribution is 0.414. The van der Waals surface area contributed by atoms with Gasteiger partial charge < -0.3 is 10.5 Å². The molecule has 0 saturated heterocycles. The summed E-state index contributed by atoms with van der Waals surface area (Å²) in [5.41, 5.74) is 6.59. The molecule has 7 heteroatoms. The number of anilines is 1. The van der Waals surface area contributed by atoms with E-state index >= 15 is 0 Å². The van der Waals surface area contributed by atoms with Crippen molar-refractivity contribution in [2.45, 2.75) is 18.0 Å². The largest absolute Gasteiger partial charge is 0.497 e. The van der Waals surface area contributed by atoms with Gasteiger partial charge in [0.15, 0.2) is 5.03 Å². The van der Waals surface area contributed by atoms with Crippen LogP contribution in [0.4, 0.5) is 5.69 Å². The summed E-state index contributed by atoms with van der Waals surface area (Å²) in [5.74, 6) is 0.711. The van der Waals surface area contributed by atoms with E-state index in [2.05, 4.69) is 9.71 Å². The zero-order valence-electron chi connectivity index (χ0n) is 11.8. The van der Waals surface area contributed by atoms with Gasteiger partial charge in [-0.25, -0.2) is 18.1 Å². The first-order chi connectivity index (χ1) is 9.94. The summed E-state index contributed by atoms with van der Waals surface area (Å²) in [6.07, 6.45) is 1.39. The Kier molecular flexibility index (Phi) is 4.44. The van der Waals surface area contributed by atoms with Crippen molar-refractivity contribution in [3.8, 4) is 5.75 Å². The fraction of sp³-hybridized carbons (Fsp3) is 0.214. The number of benzene rings is 1. The van der Waals surface area contributed by atoms with Crippen LogP contribution in [0.25, 0.3) is 0 Å². The molecular weight excluding hydrogens is 290 g/mol. The van der Waals surface area contributed by atoms with E-state index in [1.165, 1.54) is 12.3 Å². The fourth-order valence-electron chi connectivity index (χ4n) is 1.88. The highest BCUT2D eigenvalue weighted by atomic mass is 32.2. The van der Waals surface area contributed by atoms with Crippen LogP contribution in [-0.2, 0) is 10.0 Å². The molecule has 0 spiro atoms. The minimum atomic E-state index is -3.77. The average Bonchev–Trinajstić information content (AvgIpc) is 2.47. The molecule has 1 aromatic carbocycles. The highest BCUT2D eigenvalue weighted by Gasteiger charge is 2.22. The number of sulfonamides is 1. The van der Waals surface area contributed by atoms with Gasteiger partial charge in [0.05, 0.1) is 12.8 Å². The minimum Gasteiger partial charge on any atom is -0.497 e. The molecule has 0 aliphatic rings. The van der Waals surface area contributed by atoms with E-state index in [4.69, 9.17) is 10.5 Å². The fourth-order valence-corrected chi connectivity index (χ4v) is 3.17. The van der Waals surface area contributed by atoms with E-state index in [0.29, 0.717) is 5.75 Å². The number of nitrogens with two attached hydrogens (primary N) is 1. The minimum absolute atomic E-state index is 0.118. The molecule has 0 fully saturated rings. The maximum atomic E-state index is 12.3. The zero-order chi connectivity index (χ0) is 15.5. The summed E-state index contributed by atoms with van der Waals surface area (Å²) < 4.78 is 32.2. The van der Waals surface area contributed by atoms with Crippen LogP contribution >= 0.6 is 0 Å². The van der Waals surface area contributed by atoms with E-state index in [0.717, 1.165) is 5.56 Å². The topological polar surface area (TPSA) is 94.3 Å². The van der Waals surface area contributed by atoms with Crippen LogP contribution in [0.1, 0.15) is 18.5 Å². The van der Waals surface area contributed by atoms with Crippen molar-refractivity contribution in [1.82, 2.24) is 9.71 Å². The Morgan fingerprint density at radius 1 is 1.24 bits per heavy atom. The SMILES string of the molecule is COc1ccc(C(C)NS(=O)(=O)c2ncccc2N)cc1. The summed E-state index contributed by atoms with van der Waals surface area (Å²) in [5, 5.41) is -0.162. The molecule has 6 nitrogen and oxygen atoms in total. The van der Waals surface area contributed by atoms with E-state index in [1.807, 2.05) is 0 Å². The number of pyridine rings is 1. The molecule has 1 unspecified atom stereocenters. The standard InChI is InChI=1S/C14H17N3O3S/c1-10(11-5-7-12(20-2)8-6-11)17-21(18,19)14-13(15)4-3-9-16-14/h3-10,17H,15H2,1-2H3. The number of hydrogen-bond acceptors (Lipinski definition) is 5. The van der Waals surface area contributed by atoms with Gasteiger partial charge in [-0.2, -0.15) is 0 Å². The first kappa shape index (κ1) is 15.3. The van der Waals surface area contributed by atoms with Gasteiger partial charge in [-0.05, 0) is 36.8 Å². The molecule has 112 valence electrons. The molecular formula is C14H17N3O3S. The van der Waals surface area contributed by atoms with Crippen molar-refractivity contribution >= 4 is 15.7 Å². The molecule has 2 aromatic rings. The molecule has 0 radical (unpaired) electrons. The second-order valence-corrected chi connectivity index (χ2v) is 6.14. The van der Waals surface area contributed by atoms with Gasteiger partial charge in [-0.3, -0.25) is 0 Å². The molecule has 0 aliphatic carbocycles. The predicted octanol–water partition coefficient (Wildman–Crippen LogP) is 1.71. The van der Waals surface area contributed by atoms with Crippen LogP contribution in [0.2, 0.25) is 0 Å². The van der Waals surface area contributed by atoms with Gasteiger partial charge in [-0.1, -0.05) is 12.1 Å². The quantitative estimate of drug-likeness (QED) is 0.877. The number of nitrogen functional groups attached to an aromatic ring is 1. The number of nitrogens with zero attached hydrogens (tertiary/aromatic N) is 1. The van der Waals surface area contributed by atoms with E-state index in [9.17, 15) is 8.42 Å². The summed E-state index contributed by atoms with van der Waals surface area (Å²) in [6.45, 7) is 1.75. The lowest BCUT2D eigenvalue weighted by Crippen LogP contribution is -2.28. The zero-order valence-corrected chi connectivity index (χ0v) is 12.6. The van der Waals surface area contributed by atoms with Gasteiger partial charge in [0.1, 0.15) is 5.75 Å². The van der Waals surface area contributed by atoms with Crippen LogP contribution in [0, 0.1) is 0 Å². The summed E-state index contributed by atoms with van der Waals surface area (Å²) in [6, 6.07) is 9.81. The summed E-state index contributed by atoms with van der Waals surface area (Å²) in [4.78, 5) is 3.83. The Morgan fingerprint density at radius 3 is 2.48 bits per heavy atom. The smallest absolute Gasteiger partial charge is 0.260 e. The number of hydrogen-bond donors (Lipinski definition) is 2. The van der Waals surface area contributed by atoms with Crippen molar-refractivity contribution in [1.29, 1.82) is 0 Å². The number of ether oxygens (including phenoxy) is 1. The number of methoxy groups -OCH3 is 1. The molecule has 1 atom stereocenters. The Hall–Kier alpha value is -2.12. The van der Waals surface area contributed by atoms with E-state index in [1.54, 1.807) is 44.4 Å². The van der Waals surface area contributed by atoms with Crippen molar-refractivity contribution in [3.63, 3.8) is 0 Å². The summed E-state index contributed by atoms with van der Waals surface area (Å²) >= 11 is 0. The third-order valence-corrected chi connectivity index (χ3v) is 4.52. The first-order valence-electron chi connectivity index (χ1n) is 6.31. The third-order valence-electron chi connectivity index (χ3n) is 3.00. The van der Waals surface area contributed by atoms with Crippen molar-refractivity contribution in [3.05, 3.63) is 48.2 Å². The molecule has 21 heavy (non-hydrogen) atoms. The molecule has 0 bridgehead atoms. The van der Waals surface area contributed by atoms with Gasteiger partial charge in [-0.15, -0.1) is 0 Å². The lowest BCUT2D eigenvalue weighted by Gasteiger charge is -2.15. The van der Waals surface area contributed by atoms with Gasteiger partial charge in [0.2, 0.25) is 0 Å². The molecule has 0 amide bonds. The van der Waals surface area contributed by atoms with Crippen LogP contribution in [0.3, 0.4) is 0 Å². The lowest BCUT2D eigenvalue weighted by atomic mass is 10.1. The van der Waals surface area contributed by atoms with Gasteiger partial charge >= 0.3 is 0 Å². The second-order valence-electron chi connectivity index (χ2n) is 4.51. The van der Waals surface area contributed by atoms with Gasteiger partial charge in [0.25, 0.3) is 10.0 Å². The number of aromatic nitrogens is 1. The van der Waals surface area contributed by atoms with Crippen LogP contribution in [0.15, 0.2) is 47.6 Å². The monoisotopic (exact) mass is 307 g/mol. The molecule has 1 heterocycles. The predicted molar refractivity (Wildman–Crippen MR) is 80.4 cm³/mol. The Bertz CT molecular complexity index is 714. The number of rotatable bonds is 5. The van der Waals surface area contributed by atoms with Crippen molar-refractivity contribution in [2.75, 3.05) is 12.8 Å². The van der Waals surface area contributed by atoms with Crippen LogP contribution in [0.5, 0.6) is 5.75 Å². The molecule has 0 aliphatic heterocycles. The highest BCUT2D eigenvalue weighted by Crippen LogP contribution is 2.21. The van der Waals surface area contributed by atoms with E-state index in [-0.39, 0.29) is 10.7 Å². The Labute approximate surface area is 124 Å². The van der Waals surface area contributed by atoms with Gasteiger partial charge in [0, 0.05) is 12.2 Å². The summed E-state index contributed by atoms with van der Waals surface area (Å²) in [7, 11) is -2.20. The Morgan fingerprint density at radius 2 is 1.90 bits per heavy atom. The molecule has 1 aromatic heterocycles. The Balaban J connectivity index is 2.21. The average molecular weight is 307 g/mol. The van der Waals surface area contributed by atoms with Crippen molar-refractivity contribution in [2.24, 2.45) is 0 Å². The molecule has 3 N–H and O–H groups in total. The maximum absolute atomic E-state index is 12.3.